The predicted molar refractivity (Wildman–Crippen MR) is 62.4 cm³/mol. The van der Waals surface area contributed by atoms with Crippen LogP contribution in [0, 0.1) is 0 Å². The van der Waals surface area contributed by atoms with Crippen LogP contribution in [-0.2, 0) is 0 Å². The maximum Gasteiger partial charge on any atom is 0.175 e. The number of hydrogen-bond donors (Lipinski definition) is 1. The minimum atomic E-state index is -0.0171. The van der Waals surface area contributed by atoms with Gasteiger partial charge in [0.1, 0.15) is 0 Å². The summed E-state index contributed by atoms with van der Waals surface area (Å²) in [5.74, 6) is 1.58. The van der Waals surface area contributed by atoms with E-state index < -0.39 is 0 Å². The van der Waals surface area contributed by atoms with Gasteiger partial charge in [-0.3, -0.25) is 0 Å². The molecule has 2 rings (SSSR count). The van der Waals surface area contributed by atoms with E-state index in [1.807, 2.05) is 19.1 Å². The molecule has 0 aliphatic carbocycles. The van der Waals surface area contributed by atoms with Gasteiger partial charge >= 0.3 is 0 Å². The largest absolute Gasteiger partial charge is 0.490 e. The van der Waals surface area contributed by atoms with Gasteiger partial charge in [-0.15, -0.1) is 0 Å². The Morgan fingerprint density at radius 3 is 2.80 bits per heavy atom. The van der Waals surface area contributed by atoms with Gasteiger partial charge in [-0.1, -0.05) is 6.07 Å². The molecule has 82 valence electrons. The molecule has 0 saturated heterocycles. The lowest BCUT2D eigenvalue weighted by molar-refractivity contribution is 0.296. The number of fused-ring (bicyclic) bond motifs is 1. The van der Waals surface area contributed by atoms with Crippen molar-refractivity contribution >= 4 is 15.9 Å². The molecule has 0 saturated carbocycles. The van der Waals surface area contributed by atoms with Crippen LogP contribution in [0.15, 0.2) is 16.6 Å². The SMILES string of the molecule is CC(N)c1ccc2c(c1Br)OCCCO2. The van der Waals surface area contributed by atoms with Gasteiger partial charge in [-0.05, 0) is 34.5 Å². The summed E-state index contributed by atoms with van der Waals surface area (Å²) in [6.45, 7) is 3.34. The van der Waals surface area contributed by atoms with Crippen LogP contribution in [0.4, 0.5) is 0 Å². The molecule has 15 heavy (non-hydrogen) atoms. The van der Waals surface area contributed by atoms with Crippen molar-refractivity contribution in [3.05, 3.63) is 22.2 Å². The number of ether oxygens (including phenoxy) is 2. The van der Waals surface area contributed by atoms with Crippen LogP contribution in [0.2, 0.25) is 0 Å². The lowest BCUT2D eigenvalue weighted by Gasteiger charge is -2.14. The Bertz CT molecular complexity index is 366. The molecule has 3 nitrogen and oxygen atoms in total. The fourth-order valence-electron chi connectivity index (χ4n) is 1.57. The van der Waals surface area contributed by atoms with Crippen LogP contribution < -0.4 is 15.2 Å². The van der Waals surface area contributed by atoms with Crippen molar-refractivity contribution in [2.24, 2.45) is 5.73 Å². The first-order valence-electron chi connectivity index (χ1n) is 5.03. The maximum absolute atomic E-state index is 5.86. The number of rotatable bonds is 1. The monoisotopic (exact) mass is 271 g/mol. The van der Waals surface area contributed by atoms with Crippen molar-refractivity contribution in [2.75, 3.05) is 13.2 Å². The molecule has 1 heterocycles. The zero-order chi connectivity index (χ0) is 10.8. The molecule has 0 bridgehead atoms. The highest BCUT2D eigenvalue weighted by Crippen LogP contribution is 2.40. The highest BCUT2D eigenvalue weighted by Gasteiger charge is 2.17. The predicted octanol–water partition coefficient (Wildman–Crippen LogP) is 2.63. The zero-order valence-electron chi connectivity index (χ0n) is 8.63. The summed E-state index contributed by atoms with van der Waals surface area (Å²) in [5.41, 5.74) is 6.90. The molecule has 1 aromatic carbocycles. The number of nitrogens with two attached hydrogens (primary N) is 1. The quantitative estimate of drug-likeness (QED) is 0.854. The molecule has 1 unspecified atom stereocenters. The first-order chi connectivity index (χ1) is 7.20. The van der Waals surface area contributed by atoms with Gasteiger partial charge in [0.25, 0.3) is 0 Å². The van der Waals surface area contributed by atoms with Crippen LogP contribution in [0.3, 0.4) is 0 Å². The van der Waals surface area contributed by atoms with Crippen LogP contribution >= 0.6 is 15.9 Å². The van der Waals surface area contributed by atoms with E-state index in [-0.39, 0.29) is 6.04 Å². The number of hydrogen-bond acceptors (Lipinski definition) is 3. The molecule has 0 spiro atoms. The summed E-state index contributed by atoms with van der Waals surface area (Å²) in [6.07, 6.45) is 0.911. The molecule has 2 N–H and O–H groups in total. The zero-order valence-corrected chi connectivity index (χ0v) is 10.2. The van der Waals surface area contributed by atoms with Gasteiger partial charge in [0.15, 0.2) is 11.5 Å². The summed E-state index contributed by atoms with van der Waals surface area (Å²) < 4.78 is 12.1. The normalized spacial score (nSPS) is 17.0. The molecular formula is C11H14BrNO2. The summed E-state index contributed by atoms with van der Waals surface area (Å²) in [7, 11) is 0. The van der Waals surface area contributed by atoms with E-state index in [1.54, 1.807) is 0 Å². The average molecular weight is 272 g/mol. The number of halogens is 1. The lowest BCUT2D eigenvalue weighted by atomic mass is 10.1. The molecule has 1 aromatic rings. The Morgan fingerprint density at radius 2 is 2.07 bits per heavy atom. The highest BCUT2D eigenvalue weighted by molar-refractivity contribution is 9.10. The van der Waals surface area contributed by atoms with E-state index in [4.69, 9.17) is 15.2 Å². The van der Waals surface area contributed by atoms with Crippen molar-refractivity contribution in [1.82, 2.24) is 0 Å². The van der Waals surface area contributed by atoms with Gasteiger partial charge in [0.2, 0.25) is 0 Å². The van der Waals surface area contributed by atoms with Crippen molar-refractivity contribution in [1.29, 1.82) is 0 Å². The van der Waals surface area contributed by atoms with Crippen molar-refractivity contribution in [2.45, 2.75) is 19.4 Å². The third kappa shape index (κ3) is 2.11. The second kappa shape index (κ2) is 4.41. The van der Waals surface area contributed by atoms with Gasteiger partial charge in [-0.2, -0.15) is 0 Å². The minimum absolute atomic E-state index is 0.0171. The third-order valence-electron chi connectivity index (χ3n) is 2.37. The summed E-state index contributed by atoms with van der Waals surface area (Å²) in [4.78, 5) is 0. The molecular weight excluding hydrogens is 258 g/mol. The highest BCUT2D eigenvalue weighted by atomic mass is 79.9. The molecule has 0 radical (unpaired) electrons. The third-order valence-corrected chi connectivity index (χ3v) is 3.19. The van der Waals surface area contributed by atoms with Crippen LogP contribution in [0.25, 0.3) is 0 Å². The first-order valence-corrected chi connectivity index (χ1v) is 5.83. The van der Waals surface area contributed by atoms with E-state index in [0.717, 1.165) is 28.0 Å². The summed E-state index contributed by atoms with van der Waals surface area (Å²) in [5, 5.41) is 0. The Balaban J connectivity index is 2.46. The fraction of sp³-hybridized carbons (Fsp3) is 0.455. The molecule has 4 heteroatoms. The second-order valence-corrected chi connectivity index (χ2v) is 4.43. The van der Waals surface area contributed by atoms with Gasteiger partial charge in [-0.25, -0.2) is 0 Å². The fourth-order valence-corrected chi connectivity index (χ4v) is 2.37. The summed E-state index contributed by atoms with van der Waals surface area (Å²) >= 11 is 3.52. The smallest absolute Gasteiger partial charge is 0.175 e. The molecule has 0 amide bonds. The molecule has 1 atom stereocenters. The molecule has 0 aromatic heterocycles. The first kappa shape index (κ1) is 10.8. The minimum Gasteiger partial charge on any atom is -0.490 e. The molecule has 0 fully saturated rings. The number of benzene rings is 1. The Kier molecular flexibility index (Phi) is 3.17. The topological polar surface area (TPSA) is 44.5 Å². The van der Waals surface area contributed by atoms with E-state index in [0.29, 0.717) is 13.2 Å². The van der Waals surface area contributed by atoms with E-state index in [1.165, 1.54) is 0 Å². The Labute approximate surface area is 97.7 Å². The Morgan fingerprint density at radius 1 is 1.33 bits per heavy atom. The second-order valence-electron chi connectivity index (χ2n) is 3.64. The van der Waals surface area contributed by atoms with Gasteiger partial charge in [0, 0.05) is 12.5 Å². The molecule has 1 aliphatic rings. The van der Waals surface area contributed by atoms with Crippen LogP contribution in [0.5, 0.6) is 11.5 Å². The average Bonchev–Trinajstić information content (AvgIpc) is 2.43. The van der Waals surface area contributed by atoms with Crippen LogP contribution in [-0.4, -0.2) is 13.2 Å². The van der Waals surface area contributed by atoms with Gasteiger partial charge in [0.05, 0.1) is 17.7 Å². The standard InChI is InChI=1S/C11H14BrNO2/c1-7(13)8-3-4-9-11(10(8)12)15-6-2-5-14-9/h3-4,7H,2,5-6,13H2,1H3. The van der Waals surface area contributed by atoms with E-state index >= 15 is 0 Å². The van der Waals surface area contributed by atoms with Crippen molar-refractivity contribution in [3.8, 4) is 11.5 Å². The Hall–Kier alpha value is -0.740. The van der Waals surface area contributed by atoms with E-state index in [2.05, 4.69) is 15.9 Å². The van der Waals surface area contributed by atoms with Gasteiger partial charge < -0.3 is 15.2 Å². The van der Waals surface area contributed by atoms with Crippen molar-refractivity contribution in [3.63, 3.8) is 0 Å². The van der Waals surface area contributed by atoms with Crippen LogP contribution in [0.1, 0.15) is 24.9 Å². The van der Waals surface area contributed by atoms with Crippen molar-refractivity contribution < 1.29 is 9.47 Å². The maximum atomic E-state index is 5.86. The molecule has 1 aliphatic heterocycles. The lowest BCUT2D eigenvalue weighted by Crippen LogP contribution is -2.06. The summed E-state index contributed by atoms with van der Waals surface area (Å²) in [6, 6.07) is 3.88. The van der Waals surface area contributed by atoms with E-state index in [9.17, 15) is 0 Å².